The third kappa shape index (κ3) is 4.96. The van der Waals surface area contributed by atoms with Crippen molar-refractivity contribution >= 4 is 12.2 Å². The first-order chi connectivity index (χ1) is 10.4. The number of benzene rings is 1. The number of hydrogen-bond acceptors (Lipinski definition) is 2. The van der Waals surface area contributed by atoms with Crippen molar-refractivity contribution in [2.24, 2.45) is 0 Å². The predicted octanol–water partition coefficient (Wildman–Crippen LogP) is 4.23. The zero-order chi connectivity index (χ0) is 16.2. The number of terminal acetylenes is 1. The molecule has 3 nitrogen and oxygen atoms in total. The van der Waals surface area contributed by atoms with Crippen LogP contribution in [0.15, 0.2) is 30.3 Å². The van der Waals surface area contributed by atoms with E-state index in [0.717, 1.165) is 24.0 Å². The molecular weight excluding hydrogens is 274 g/mol. The summed E-state index contributed by atoms with van der Waals surface area (Å²) in [5, 5.41) is 0. The van der Waals surface area contributed by atoms with Crippen molar-refractivity contribution in [3.05, 3.63) is 41.5 Å². The van der Waals surface area contributed by atoms with E-state index in [1.54, 1.807) is 6.08 Å². The molecular formula is C19H23NO2. The molecule has 1 aromatic carbocycles. The summed E-state index contributed by atoms with van der Waals surface area (Å²) < 4.78 is 5.50. The Labute approximate surface area is 133 Å². The van der Waals surface area contributed by atoms with Crippen molar-refractivity contribution < 1.29 is 9.53 Å². The van der Waals surface area contributed by atoms with E-state index in [1.807, 2.05) is 56.0 Å². The largest absolute Gasteiger partial charge is 0.444 e. The van der Waals surface area contributed by atoms with Crippen LogP contribution in [0.1, 0.15) is 44.7 Å². The van der Waals surface area contributed by atoms with Crippen molar-refractivity contribution in [2.45, 2.75) is 51.8 Å². The second kappa shape index (κ2) is 6.70. The first-order valence-corrected chi connectivity index (χ1v) is 7.60. The molecule has 0 saturated heterocycles. The Balaban J connectivity index is 2.04. The highest BCUT2D eigenvalue weighted by atomic mass is 16.6. The molecule has 1 aliphatic carbocycles. The van der Waals surface area contributed by atoms with Gasteiger partial charge in [-0.25, -0.2) is 4.79 Å². The molecule has 2 rings (SSSR count). The van der Waals surface area contributed by atoms with Crippen molar-refractivity contribution in [1.82, 2.24) is 4.90 Å². The maximum absolute atomic E-state index is 12.3. The number of carbonyl (C=O) groups is 1. The van der Waals surface area contributed by atoms with Gasteiger partial charge in [0.1, 0.15) is 5.60 Å². The molecule has 0 N–H and O–H groups in total. The maximum Gasteiger partial charge on any atom is 0.410 e. The molecule has 1 amide bonds. The van der Waals surface area contributed by atoms with E-state index in [2.05, 4.69) is 5.92 Å². The lowest BCUT2D eigenvalue weighted by molar-refractivity contribution is 0.0216. The second-order valence-corrected chi connectivity index (χ2v) is 6.58. The van der Waals surface area contributed by atoms with E-state index in [1.165, 1.54) is 0 Å². The molecule has 1 aliphatic rings. The fraction of sp³-hybridized carbons (Fsp3) is 0.421. The van der Waals surface area contributed by atoms with Gasteiger partial charge in [-0.1, -0.05) is 30.2 Å². The van der Waals surface area contributed by atoms with Crippen LogP contribution in [0.5, 0.6) is 0 Å². The minimum Gasteiger partial charge on any atom is -0.444 e. The lowest BCUT2D eigenvalue weighted by Gasteiger charge is -2.27. The number of allylic oxidation sites excluding steroid dienone is 1. The normalized spacial score (nSPS) is 14.6. The van der Waals surface area contributed by atoms with Gasteiger partial charge in [-0.2, -0.15) is 0 Å². The Morgan fingerprint density at radius 2 is 2.00 bits per heavy atom. The average molecular weight is 297 g/mol. The van der Waals surface area contributed by atoms with Crippen LogP contribution < -0.4 is 0 Å². The van der Waals surface area contributed by atoms with Gasteiger partial charge in [0.2, 0.25) is 0 Å². The lowest BCUT2D eigenvalue weighted by Crippen LogP contribution is -2.37. The predicted molar refractivity (Wildman–Crippen MR) is 89.1 cm³/mol. The van der Waals surface area contributed by atoms with Gasteiger partial charge in [-0.15, -0.1) is 6.42 Å². The van der Waals surface area contributed by atoms with Gasteiger partial charge in [0.05, 0.1) is 0 Å². The molecule has 22 heavy (non-hydrogen) atoms. The molecule has 0 aliphatic heterocycles. The number of rotatable bonds is 4. The summed E-state index contributed by atoms with van der Waals surface area (Å²) in [6, 6.07) is 8.37. The molecule has 1 aromatic rings. The summed E-state index contributed by atoms with van der Waals surface area (Å²) in [5.74, 6) is 2.47. The molecule has 1 fully saturated rings. The Kier molecular flexibility index (Phi) is 4.92. The van der Waals surface area contributed by atoms with Crippen LogP contribution in [-0.2, 0) is 11.3 Å². The summed E-state index contributed by atoms with van der Waals surface area (Å²) in [6.45, 7) is 6.26. The van der Waals surface area contributed by atoms with Crippen LogP contribution in [0.3, 0.4) is 0 Å². The number of hydrogen-bond donors (Lipinski definition) is 0. The summed E-state index contributed by atoms with van der Waals surface area (Å²) in [5.41, 5.74) is 1.68. The Hall–Kier alpha value is -2.21. The molecule has 0 aromatic heterocycles. The van der Waals surface area contributed by atoms with E-state index in [4.69, 9.17) is 11.2 Å². The molecule has 0 unspecified atom stereocenters. The molecule has 3 heteroatoms. The van der Waals surface area contributed by atoms with Crippen LogP contribution in [0.4, 0.5) is 4.79 Å². The second-order valence-electron chi connectivity index (χ2n) is 6.58. The van der Waals surface area contributed by atoms with E-state index in [0.29, 0.717) is 12.6 Å². The molecule has 0 radical (unpaired) electrons. The van der Waals surface area contributed by atoms with Crippen LogP contribution in [-0.4, -0.2) is 22.6 Å². The molecule has 116 valence electrons. The quantitative estimate of drug-likeness (QED) is 0.778. The molecule has 0 atom stereocenters. The fourth-order valence-corrected chi connectivity index (χ4v) is 2.12. The number of amides is 1. The number of ether oxygens (including phenoxy) is 1. The van der Waals surface area contributed by atoms with Crippen molar-refractivity contribution in [3.63, 3.8) is 0 Å². The fourth-order valence-electron chi connectivity index (χ4n) is 2.12. The number of nitrogens with zero attached hydrogens (tertiary/aromatic N) is 1. The topological polar surface area (TPSA) is 29.5 Å². The standard InChI is InChI=1S/C19H23NO2/c1-5-6-7-15-8-10-16(11-9-15)14-20(17-12-13-17)18(21)22-19(2,3)4/h1,6-11,17H,12-14H2,2-4H3/b7-6+. The van der Waals surface area contributed by atoms with Gasteiger partial charge in [-0.05, 0) is 56.9 Å². The van der Waals surface area contributed by atoms with Gasteiger partial charge < -0.3 is 9.64 Å². The van der Waals surface area contributed by atoms with Crippen LogP contribution in [0.25, 0.3) is 6.08 Å². The van der Waals surface area contributed by atoms with Gasteiger partial charge >= 0.3 is 6.09 Å². The Morgan fingerprint density at radius 3 is 2.50 bits per heavy atom. The van der Waals surface area contributed by atoms with Crippen LogP contribution >= 0.6 is 0 Å². The summed E-state index contributed by atoms with van der Waals surface area (Å²) >= 11 is 0. The van der Waals surface area contributed by atoms with Gasteiger partial charge in [-0.3, -0.25) is 0 Å². The van der Waals surface area contributed by atoms with Crippen LogP contribution in [0.2, 0.25) is 0 Å². The highest BCUT2D eigenvalue weighted by Gasteiger charge is 2.35. The van der Waals surface area contributed by atoms with Gasteiger partial charge in [0.25, 0.3) is 0 Å². The zero-order valence-corrected chi connectivity index (χ0v) is 13.5. The van der Waals surface area contributed by atoms with Crippen molar-refractivity contribution in [3.8, 4) is 12.3 Å². The van der Waals surface area contributed by atoms with Crippen molar-refractivity contribution in [2.75, 3.05) is 0 Å². The molecule has 1 saturated carbocycles. The average Bonchev–Trinajstić information content (AvgIpc) is 3.26. The van der Waals surface area contributed by atoms with E-state index < -0.39 is 5.60 Å². The summed E-state index contributed by atoms with van der Waals surface area (Å²) in [4.78, 5) is 14.2. The van der Waals surface area contributed by atoms with E-state index >= 15 is 0 Å². The highest BCUT2D eigenvalue weighted by molar-refractivity contribution is 5.69. The van der Waals surface area contributed by atoms with E-state index in [9.17, 15) is 4.79 Å². The molecule has 0 bridgehead atoms. The maximum atomic E-state index is 12.3. The minimum atomic E-state index is -0.464. The third-order valence-corrected chi connectivity index (χ3v) is 3.32. The van der Waals surface area contributed by atoms with Crippen LogP contribution in [0, 0.1) is 12.3 Å². The monoisotopic (exact) mass is 297 g/mol. The first kappa shape index (κ1) is 16.2. The van der Waals surface area contributed by atoms with E-state index in [-0.39, 0.29) is 6.09 Å². The Bertz CT molecular complexity index is 583. The zero-order valence-electron chi connectivity index (χ0n) is 13.5. The smallest absolute Gasteiger partial charge is 0.410 e. The minimum absolute atomic E-state index is 0.230. The number of carbonyl (C=O) groups excluding carboxylic acids is 1. The third-order valence-electron chi connectivity index (χ3n) is 3.32. The van der Waals surface area contributed by atoms with Gasteiger partial charge in [0, 0.05) is 12.6 Å². The Morgan fingerprint density at radius 1 is 1.36 bits per heavy atom. The molecule has 0 heterocycles. The lowest BCUT2D eigenvalue weighted by atomic mass is 10.1. The highest BCUT2D eigenvalue weighted by Crippen LogP contribution is 2.30. The SMILES string of the molecule is C#C/C=C/c1ccc(CN(C(=O)OC(C)(C)C)C2CC2)cc1. The van der Waals surface area contributed by atoms with Gasteiger partial charge in [0.15, 0.2) is 0 Å². The van der Waals surface area contributed by atoms with Crippen molar-refractivity contribution in [1.29, 1.82) is 0 Å². The summed E-state index contributed by atoms with van der Waals surface area (Å²) in [6.07, 6.45) is 10.6. The summed E-state index contributed by atoms with van der Waals surface area (Å²) in [7, 11) is 0. The first-order valence-electron chi connectivity index (χ1n) is 7.60. The molecule has 0 spiro atoms.